The first-order chi connectivity index (χ1) is 26.5. The van der Waals surface area contributed by atoms with Crippen molar-refractivity contribution in [3.8, 4) is 5.75 Å². The minimum absolute atomic E-state index is 0.0217. The molecule has 1 aromatic rings. The van der Waals surface area contributed by atoms with Crippen molar-refractivity contribution in [2.75, 3.05) is 26.7 Å². The number of aryl methyl sites for hydroxylation is 1. The molecule has 0 radical (unpaired) electrons. The Bertz CT molecular complexity index is 1600. The second-order valence-corrected chi connectivity index (χ2v) is 15.3. The van der Waals surface area contributed by atoms with Crippen molar-refractivity contribution in [1.82, 2.24) is 31.1 Å². The Morgan fingerprint density at radius 1 is 0.860 bits per heavy atom. The van der Waals surface area contributed by atoms with E-state index in [0.717, 1.165) is 15.4 Å². The fourth-order valence-corrected chi connectivity index (χ4v) is 6.34. The van der Waals surface area contributed by atoms with Gasteiger partial charge < -0.3 is 62.0 Å². The normalized spacial score (nSPS) is 19.0. The zero-order valence-electron chi connectivity index (χ0n) is 34.1. The van der Waals surface area contributed by atoms with Gasteiger partial charge in [-0.05, 0) is 57.2 Å². The number of likely N-dealkylation sites (tertiary alicyclic amines) is 1. The molecule has 0 aromatic heterocycles. The lowest BCUT2D eigenvalue weighted by atomic mass is 9.99. The molecule has 7 amide bonds. The number of benzene rings is 1. The smallest absolute Gasteiger partial charge is 0.248 e. The molecular formula is C38H61N7O12. The van der Waals surface area contributed by atoms with Crippen molar-refractivity contribution in [3.05, 3.63) is 29.3 Å². The van der Waals surface area contributed by atoms with Gasteiger partial charge in [0.25, 0.3) is 0 Å². The van der Waals surface area contributed by atoms with Crippen LogP contribution < -0.4 is 31.7 Å². The van der Waals surface area contributed by atoms with Crippen molar-refractivity contribution < 1.29 is 58.7 Å². The standard InChI is InChI=1S/C38H61N7O12/c1-18(2)29(42-35(53)25(40-34(52)19(3)4)15-24-10-11-27(57-9)20(5)14-24)37(55)44(16-21(6)46)17-28(50)41-30(22(7)47)36(54)43-31(23(8)48)38(56)45-13-12-26(49)32(45)33(39)51/h10-11,14,18-19,21-23,25-26,29-32,46-49H,12-13,15-17H2,1-9H3,(H2,39,51)(H,40,52)(H,41,50)(H,42,53)(H,43,54). The molecule has 0 spiro atoms. The number of aliphatic hydroxyl groups excluding tert-OH is 4. The largest absolute Gasteiger partial charge is 0.496 e. The third-order valence-electron chi connectivity index (χ3n) is 9.49. The molecule has 9 unspecified atom stereocenters. The predicted octanol–water partition coefficient (Wildman–Crippen LogP) is -2.78. The maximum Gasteiger partial charge on any atom is 0.248 e. The molecule has 10 N–H and O–H groups in total. The highest BCUT2D eigenvalue weighted by molar-refractivity contribution is 5.97. The molecule has 0 aliphatic carbocycles. The highest BCUT2D eigenvalue weighted by atomic mass is 16.5. The van der Waals surface area contributed by atoms with E-state index >= 15 is 0 Å². The van der Waals surface area contributed by atoms with Gasteiger partial charge >= 0.3 is 0 Å². The second kappa shape index (κ2) is 21.6. The average Bonchev–Trinajstić information content (AvgIpc) is 3.51. The number of carbonyl (C=O) groups excluding carboxylic acids is 7. The van der Waals surface area contributed by atoms with E-state index in [2.05, 4.69) is 21.3 Å². The number of nitrogens with zero attached hydrogens (tertiary/aromatic N) is 2. The van der Waals surface area contributed by atoms with Crippen molar-refractivity contribution in [3.63, 3.8) is 0 Å². The van der Waals surface area contributed by atoms with Crippen molar-refractivity contribution in [1.29, 1.82) is 0 Å². The van der Waals surface area contributed by atoms with Gasteiger partial charge in [-0.1, -0.05) is 39.8 Å². The van der Waals surface area contributed by atoms with Crippen LogP contribution in [0.3, 0.4) is 0 Å². The van der Waals surface area contributed by atoms with E-state index < -0.39 is 114 Å². The Labute approximate surface area is 333 Å². The van der Waals surface area contributed by atoms with Crippen molar-refractivity contribution in [2.45, 2.75) is 123 Å². The number of rotatable bonds is 20. The van der Waals surface area contributed by atoms with Gasteiger partial charge in [0.15, 0.2) is 0 Å². The summed E-state index contributed by atoms with van der Waals surface area (Å²) in [5.74, 6) is -6.21. The third-order valence-corrected chi connectivity index (χ3v) is 9.49. The molecule has 1 saturated heterocycles. The Morgan fingerprint density at radius 2 is 1.46 bits per heavy atom. The number of methoxy groups -OCH3 is 1. The fraction of sp³-hybridized carbons (Fsp3) is 0.658. The van der Waals surface area contributed by atoms with Crippen LogP contribution in [0.1, 0.15) is 66.0 Å². The summed E-state index contributed by atoms with van der Waals surface area (Å²) in [6.07, 6.45) is -5.41. The van der Waals surface area contributed by atoms with Crippen LogP contribution in [0.25, 0.3) is 0 Å². The first-order valence-electron chi connectivity index (χ1n) is 18.9. The predicted molar refractivity (Wildman–Crippen MR) is 206 cm³/mol. The molecule has 0 saturated carbocycles. The summed E-state index contributed by atoms with van der Waals surface area (Å²) >= 11 is 0. The van der Waals surface area contributed by atoms with E-state index in [-0.39, 0.29) is 25.9 Å². The minimum atomic E-state index is -1.72. The number of hydrogen-bond acceptors (Lipinski definition) is 12. The third kappa shape index (κ3) is 13.6. The van der Waals surface area contributed by atoms with E-state index in [1.165, 1.54) is 27.9 Å². The molecule has 1 aromatic carbocycles. The lowest BCUT2D eigenvalue weighted by Gasteiger charge is -2.32. The Hall–Kier alpha value is -4.85. The summed E-state index contributed by atoms with van der Waals surface area (Å²) < 4.78 is 5.33. The lowest BCUT2D eigenvalue weighted by Crippen LogP contribution is -2.62. The molecule has 1 fully saturated rings. The number of amides is 7. The van der Waals surface area contributed by atoms with Crippen LogP contribution in [-0.2, 0) is 40.0 Å². The van der Waals surface area contributed by atoms with Crippen LogP contribution in [0.5, 0.6) is 5.75 Å². The van der Waals surface area contributed by atoms with Crippen LogP contribution in [-0.4, -0.2) is 153 Å². The molecule has 57 heavy (non-hydrogen) atoms. The molecule has 1 aliphatic heterocycles. The number of ether oxygens (including phenoxy) is 1. The molecular weight excluding hydrogens is 746 g/mol. The summed E-state index contributed by atoms with van der Waals surface area (Å²) in [6, 6.07) is -1.84. The molecule has 19 nitrogen and oxygen atoms in total. The summed E-state index contributed by atoms with van der Waals surface area (Å²) in [5.41, 5.74) is 6.88. The molecule has 2 rings (SSSR count). The maximum absolute atomic E-state index is 14.1. The quantitative estimate of drug-likeness (QED) is 0.0647. The Kier molecular flexibility index (Phi) is 18.3. The van der Waals surface area contributed by atoms with Gasteiger partial charge in [0, 0.05) is 25.4 Å². The SMILES string of the molecule is COc1ccc(CC(NC(=O)C(C)C)C(=O)NC(C(=O)N(CC(=O)NC(C(=O)NC(C(=O)N2CCC(O)C2C(N)=O)C(C)O)C(C)O)CC(C)O)C(C)C)cc1C. The van der Waals surface area contributed by atoms with Crippen LogP contribution in [0.15, 0.2) is 18.2 Å². The Balaban J connectivity index is 2.30. The number of primary amides is 1. The zero-order chi connectivity index (χ0) is 43.5. The van der Waals surface area contributed by atoms with Gasteiger partial charge in [-0.25, -0.2) is 0 Å². The highest BCUT2D eigenvalue weighted by Gasteiger charge is 2.44. The summed E-state index contributed by atoms with van der Waals surface area (Å²) in [7, 11) is 1.53. The molecule has 0 bridgehead atoms. The van der Waals surface area contributed by atoms with Gasteiger partial charge in [0.1, 0.15) is 36.0 Å². The molecule has 19 heteroatoms. The maximum atomic E-state index is 14.1. The van der Waals surface area contributed by atoms with Crippen LogP contribution in [0.2, 0.25) is 0 Å². The van der Waals surface area contributed by atoms with E-state index in [1.54, 1.807) is 39.8 Å². The second-order valence-electron chi connectivity index (χ2n) is 15.3. The minimum Gasteiger partial charge on any atom is -0.496 e. The summed E-state index contributed by atoms with van der Waals surface area (Å²) in [5, 5.41) is 51.4. The van der Waals surface area contributed by atoms with E-state index in [9.17, 15) is 54.0 Å². The lowest BCUT2D eigenvalue weighted by molar-refractivity contribution is -0.145. The van der Waals surface area contributed by atoms with Gasteiger partial charge in [0.05, 0.1) is 38.1 Å². The number of aliphatic hydroxyl groups is 4. The fourth-order valence-electron chi connectivity index (χ4n) is 6.34. The number of nitrogens with one attached hydrogen (secondary N) is 4. The number of nitrogens with two attached hydrogens (primary N) is 1. The van der Waals surface area contributed by atoms with Gasteiger partial charge in [-0.2, -0.15) is 0 Å². The highest BCUT2D eigenvalue weighted by Crippen LogP contribution is 2.21. The van der Waals surface area contributed by atoms with Crippen molar-refractivity contribution in [2.24, 2.45) is 17.6 Å². The van der Waals surface area contributed by atoms with Crippen LogP contribution in [0.4, 0.5) is 0 Å². The van der Waals surface area contributed by atoms with E-state index in [0.29, 0.717) is 11.3 Å². The van der Waals surface area contributed by atoms with Gasteiger partial charge in [-0.3, -0.25) is 33.6 Å². The topological polar surface area (TPSA) is 290 Å². The van der Waals surface area contributed by atoms with Crippen molar-refractivity contribution >= 4 is 41.4 Å². The first-order valence-corrected chi connectivity index (χ1v) is 18.9. The number of carbonyl (C=O) groups is 7. The van der Waals surface area contributed by atoms with Gasteiger partial charge in [0.2, 0.25) is 41.4 Å². The molecule has 320 valence electrons. The zero-order valence-corrected chi connectivity index (χ0v) is 34.1. The Morgan fingerprint density at radius 3 is 1.95 bits per heavy atom. The number of hydrogen-bond donors (Lipinski definition) is 9. The van der Waals surface area contributed by atoms with Crippen LogP contribution in [0, 0.1) is 18.8 Å². The van der Waals surface area contributed by atoms with E-state index in [1.807, 2.05) is 13.0 Å². The summed E-state index contributed by atoms with van der Waals surface area (Å²) in [6.45, 7) is 11.0. The summed E-state index contributed by atoms with van der Waals surface area (Å²) in [4.78, 5) is 94.7. The van der Waals surface area contributed by atoms with E-state index in [4.69, 9.17) is 10.5 Å². The van der Waals surface area contributed by atoms with Gasteiger partial charge in [-0.15, -0.1) is 0 Å². The average molecular weight is 808 g/mol. The molecule has 9 atom stereocenters. The van der Waals surface area contributed by atoms with Crippen LogP contribution >= 0.6 is 0 Å². The molecule has 1 heterocycles. The monoisotopic (exact) mass is 807 g/mol. The molecule has 1 aliphatic rings. The first kappa shape index (κ1) is 48.3.